The fraction of sp³-hybridized carbons (Fsp3) is 0.286. The van der Waals surface area contributed by atoms with Crippen molar-refractivity contribution in [2.75, 3.05) is 14.1 Å². The molecule has 2 rings (SSSR count). The van der Waals surface area contributed by atoms with Gasteiger partial charge in [-0.25, -0.2) is 0 Å². The van der Waals surface area contributed by atoms with E-state index < -0.39 is 0 Å². The summed E-state index contributed by atoms with van der Waals surface area (Å²) in [6, 6.07) is 12.2. The molecule has 0 fully saturated rings. The molecule has 0 aliphatic rings. The van der Waals surface area contributed by atoms with Crippen molar-refractivity contribution >= 4 is 0 Å². The summed E-state index contributed by atoms with van der Waals surface area (Å²) in [7, 11) is 4.05. The number of nitrogens with two attached hydrogens (primary N) is 1. The lowest BCUT2D eigenvalue weighted by atomic mass is 10.1. The molecule has 0 unspecified atom stereocenters. The molecule has 0 aliphatic heterocycles. The predicted molar refractivity (Wildman–Crippen MR) is 69.4 cm³/mol. The molecule has 3 heteroatoms. The molecule has 2 N–H and O–H groups in total. The van der Waals surface area contributed by atoms with Gasteiger partial charge in [0, 0.05) is 12.1 Å². The van der Waals surface area contributed by atoms with Gasteiger partial charge in [-0.05, 0) is 37.9 Å². The van der Waals surface area contributed by atoms with Crippen LogP contribution in [-0.4, -0.2) is 19.0 Å². The highest BCUT2D eigenvalue weighted by atomic mass is 16.3. The Morgan fingerprint density at radius 2 is 2.00 bits per heavy atom. The van der Waals surface area contributed by atoms with E-state index in [-0.39, 0.29) is 0 Å². The van der Waals surface area contributed by atoms with Crippen molar-refractivity contribution in [1.82, 2.24) is 4.90 Å². The summed E-state index contributed by atoms with van der Waals surface area (Å²) in [6.07, 6.45) is 0. The van der Waals surface area contributed by atoms with Crippen LogP contribution in [0.2, 0.25) is 0 Å². The van der Waals surface area contributed by atoms with E-state index in [9.17, 15) is 0 Å². The monoisotopic (exact) mass is 230 g/mol. The molecule has 0 spiro atoms. The van der Waals surface area contributed by atoms with Gasteiger partial charge in [0.2, 0.25) is 0 Å². The van der Waals surface area contributed by atoms with Crippen LogP contribution in [0.5, 0.6) is 0 Å². The van der Waals surface area contributed by atoms with Crippen LogP contribution in [-0.2, 0) is 13.1 Å². The van der Waals surface area contributed by atoms with Crippen LogP contribution in [0.1, 0.15) is 11.3 Å². The lowest BCUT2D eigenvalue weighted by Gasteiger charge is -2.06. The average molecular weight is 230 g/mol. The molecule has 0 amide bonds. The maximum absolute atomic E-state index is 5.80. The van der Waals surface area contributed by atoms with Crippen molar-refractivity contribution in [1.29, 1.82) is 0 Å². The molecular formula is C14H18N2O. The van der Waals surface area contributed by atoms with Gasteiger partial charge in [0.1, 0.15) is 11.5 Å². The SMILES string of the molecule is CN(C)Cc1ccc(-c2cccc(CN)c2)o1. The summed E-state index contributed by atoms with van der Waals surface area (Å²) in [5.74, 6) is 1.88. The minimum absolute atomic E-state index is 0.555. The maximum Gasteiger partial charge on any atom is 0.134 e. The Bertz CT molecular complexity index is 488. The number of nitrogens with zero attached hydrogens (tertiary/aromatic N) is 1. The van der Waals surface area contributed by atoms with E-state index in [0.29, 0.717) is 6.54 Å². The first-order chi connectivity index (χ1) is 8.19. The van der Waals surface area contributed by atoms with Crippen molar-refractivity contribution < 1.29 is 4.42 Å². The topological polar surface area (TPSA) is 42.4 Å². The van der Waals surface area contributed by atoms with E-state index in [4.69, 9.17) is 10.2 Å². The minimum Gasteiger partial charge on any atom is -0.460 e. The number of benzene rings is 1. The number of hydrogen-bond acceptors (Lipinski definition) is 3. The molecule has 1 aromatic carbocycles. The van der Waals surface area contributed by atoms with Gasteiger partial charge in [-0.15, -0.1) is 0 Å². The van der Waals surface area contributed by atoms with Gasteiger partial charge < -0.3 is 15.1 Å². The molecule has 90 valence electrons. The fourth-order valence-corrected chi connectivity index (χ4v) is 1.78. The summed E-state index contributed by atoms with van der Waals surface area (Å²) in [5, 5.41) is 0. The van der Waals surface area contributed by atoms with Crippen LogP contribution < -0.4 is 5.73 Å². The first-order valence-corrected chi connectivity index (χ1v) is 5.72. The molecule has 1 aromatic heterocycles. The van der Waals surface area contributed by atoms with Crippen molar-refractivity contribution in [2.24, 2.45) is 5.73 Å². The van der Waals surface area contributed by atoms with E-state index in [1.807, 2.05) is 44.4 Å². The van der Waals surface area contributed by atoms with E-state index in [1.165, 1.54) is 0 Å². The second kappa shape index (κ2) is 5.17. The van der Waals surface area contributed by atoms with E-state index in [2.05, 4.69) is 11.0 Å². The van der Waals surface area contributed by atoms with Gasteiger partial charge >= 0.3 is 0 Å². The Kier molecular flexibility index (Phi) is 3.61. The van der Waals surface area contributed by atoms with Crippen molar-refractivity contribution in [3.05, 3.63) is 47.7 Å². The highest BCUT2D eigenvalue weighted by Crippen LogP contribution is 2.23. The molecule has 2 aromatic rings. The van der Waals surface area contributed by atoms with Crippen LogP contribution in [0.3, 0.4) is 0 Å². The van der Waals surface area contributed by atoms with Gasteiger partial charge in [0.15, 0.2) is 0 Å². The summed E-state index contributed by atoms with van der Waals surface area (Å²) in [6.45, 7) is 1.37. The second-order valence-corrected chi connectivity index (χ2v) is 4.41. The predicted octanol–water partition coefficient (Wildman–Crippen LogP) is 2.47. The number of rotatable bonds is 4. The Hall–Kier alpha value is -1.58. The quantitative estimate of drug-likeness (QED) is 0.877. The average Bonchev–Trinajstić information content (AvgIpc) is 2.77. The Morgan fingerprint density at radius 3 is 2.71 bits per heavy atom. The lowest BCUT2D eigenvalue weighted by molar-refractivity contribution is 0.353. The van der Waals surface area contributed by atoms with Gasteiger partial charge in [-0.2, -0.15) is 0 Å². The van der Waals surface area contributed by atoms with Crippen LogP contribution in [0.15, 0.2) is 40.8 Å². The zero-order valence-corrected chi connectivity index (χ0v) is 10.3. The lowest BCUT2D eigenvalue weighted by Crippen LogP contribution is -2.09. The van der Waals surface area contributed by atoms with Crippen LogP contribution >= 0.6 is 0 Å². The Morgan fingerprint density at radius 1 is 1.18 bits per heavy atom. The smallest absolute Gasteiger partial charge is 0.134 e. The standard InChI is InChI=1S/C14H18N2O/c1-16(2)10-13-6-7-14(17-13)12-5-3-4-11(8-12)9-15/h3-8H,9-10,15H2,1-2H3. The molecule has 0 bridgehead atoms. The molecule has 0 saturated heterocycles. The third-order valence-corrected chi connectivity index (χ3v) is 2.58. The van der Waals surface area contributed by atoms with Crippen LogP contribution in [0.4, 0.5) is 0 Å². The van der Waals surface area contributed by atoms with Crippen LogP contribution in [0.25, 0.3) is 11.3 Å². The zero-order chi connectivity index (χ0) is 12.3. The first kappa shape index (κ1) is 11.9. The molecule has 0 saturated carbocycles. The number of hydrogen-bond donors (Lipinski definition) is 1. The van der Waals surface area contributed by atoms with E-state index in [1.54, 1.807) is 0 Å². The van der Waals surface area contributed by atoms with Crippen molar-refractivity contribution in [2.45, 2.75) is 13.1 Å². The molecule has 0 atom stereocenters. The third kappa shape index (κ3) is 2.96. The highest BCUT2D eigenvalue weighted by Gasteiger charge is 2.05. The van der Waals surface area contributed by atoms with E-state index in [0.717, 1.165) is 29.2 Å². The molecule has 0 radical (unpaired) electrons. The summed E-state index contributed by atoms with van der Waals surface area (Å²) in [5.41, 5.74) is 7.83. The first-order valence-electron chi connectivity index (χ1n) is 5.72. The second-order valence-electron chi connectivity index (χ2n) is 4.41. The van der Waals surface area contributed by atoms with Crippen molar-refractivity contribution in [3.63, 3.8) is 0 Å². The Labute approximate surface area is 102 Å². The summed E-state index contributed by atoms with van der Waals surface area (Å²) < 4.78 is 5.80. The zero-order valence-electron chi connectivity index (χ0n) is 10.3. The molecule has 0 aliphatic carbocycles. The maximum atomic E-state index is 5.80. The molecule has 3 nitrogen and oxygen atoms in total. The minimum atomic E-state index is 0.555. The normalized spacial score (nSPS) is 11.1. The molecule has 17 heavy (non-hydrogen) atoms. The summed E-state index contributed by atoms with van der Waals surface area (Å²) in [4.78, 5) is 2.08. The van der Waals surface area contributed by atoms with Gasteiger partial charge in [-0.1, -0.05) is 18.2 Å². The highest BCUT2D eigenvalue weighted by molar-refractivity contribution is 5.58. The van der Waals surface area contributed by atoms with Crippen molar-refractivity contribution in [3.8, 4) is 11.3 Å². The van der Waals surface area contributed by atoms with E-state index >= 15 is 0 Å². The summed E-state index contributed by atoms with van der Waals surface area (Å²) >= 11 is 0. The largest absolute Gasteiger partial charge is 0.460 e. The van der Waals surface area contributed by atoms with Gasteiger partial charge in [-0.3, -0.25) is 0 Å². The van der Waals surface area contributed by atoms with Gasteiger partial charge in [0.25, 0.3) is 0 Å². The molecular weight excluding hydrogens is 212 g/mol. The van der Waals surface area contributed by atoms with Crippen LogP contribution in [0, 0.1) is 0 Å². The molecule has 1 heterocycles. The Balaban J connectivity index is 2.24. The number of furan rings is 1. The third-order valence-electron chi connectivity index (χ3n) is 2.58. The fourth-order valence-electron chi connectivity index (χ4n) is 1.78. The van der Waals surface area contributed by atoms with Gasteiger partial charge in [0.05, 0.1) is 6.54 Å².